The molecular weight excluding hydrogens is 234 g/mol. The summed E-state index contributed by atoms with van der Waals surface area (Å²) in [7, 11) is 0. The van der Waals surface area contributed by atoms with Crippen molar-refractivity contribution in [1.82, 2.24) is 9.88 Å². The third-order valence-corrected chi connectivity index (χ3v) is 3.11. The summed E-state index contributed by atoms with van der Waals surface area (Å²) in [5.74, 6) is -0.939. The van der Waals surface area contributed by atoms with E-state index in [-0.39, 0.29) is 29.0 Å². The number of aromatic amines is 1. The number of primary amides is 1. The van der Waals surface area contributed by atoms with Crippen LogP contribution in [0.1, 0.15) is 23.3 Å². The van der Waals surface area contributed by atoms with E-state index in [9.17, 15) is 14.4 Å². The van der Waals surface area contributed by atoms with Gasteiger partial charge in [0.15, 0.2) is 0 Å². The first-order valence-electron chi connectivity index (χ1n) is 5.86. The van der Waals surface area contributed by atoms with Gasteiger partial charge >= 0.3 is 0 Å². The fourth-order valence-electron chi connectivity index (χ4n) is 2.14. The molecule has 1 aromatic rings. The van der Waals surface area contributed by atoms with Crippen molar-refractivity contribution in [1.29, 1.82) is 0 Å². The Labute approximate surface area is 104 Å². The number of nitrogens with zero attached hydrogens (tertiary/aromatic N) is 1. The molecule has 96 valence electrons. The largest absolute Gasteiger partial charge is 0.369 e. The third kappa shape index (κ3) is 2.58. The topological polar surface area (TPSA) is 96.3 Å². The van der Waals surface area contributed by atoms with Gasteiger partial charge in [-0.3, -0.25) is 14.4 Å². The zero-order valence-corrected chi connectivity index (χ0v) is 9.89. The highest BCUT2D eigenvalue weighted by Gasteiger charge is 2.27. The molecule has 3 N–H and O–H groups in total. The average Bonchev–Trinajstić information content (AvgIpc) is 2.38. The maximum absolute atomic E-state index is 12.1. The summed E-state index contributed by atoms with van der Waals surface area (Å²) in [6.45, 7) is 0.907. The zero-order chi connectivity index (χ0) is 13.1. The molecule has 2 rings (SSSR count). The van der Waals surface area contributed by atoms with E-state index in [0.717, 1.165) is 6.42 Å². The summed E-state index contributed by atoms with van der Waals surface area (Å²) in [6.07, 6.45) is 1.46. The van der Waals surface area contributed by atoms with Crippen LogP contribution in [0.25, 0.3) is 0 Å². The van der Waals surface area contributed by atoms with Gasteiger partial charge in [0.2, 0.25) is 11.5 Å². The van der Waals surface area contributed by atoms with Gasteiger partial charge in [0.05, 0.1) is 5.92 Å². The smallest absolute Gasteiger partial charge is 0.270 e. The Morgan fingerprint density at radius 2 is 2.17 bits per heavy atom. The van der Waals surface area contributed by atoms with Gasteiger partial charge < -0.3 is 15.6 Å². The molecule has 2 heterocycles. The zero-order valence-electron chi connectivity index (χ0n) is 9.89. The van der Waals surface area contributed by atoms with Gasteiger partial charge in [-0.25, -0.2) is 0 Å². The van der Waals surface area contributed by atoms with E-state index in [2.05, 4.69) is 4.98 Å². The molecule has 0 bridgehead atoms. The molecule has 0 aromatic carbocycles. The highest BCUT2D eigenvalue weighted by atomic mass is 16.2. The second kappa shape index (κ2) is 5.03. The van der Waals surface area contributed by atoms with E-state index < -0.39 is 0 Å². The number of amides is 2. The third-order valence-electron chi connectivity index (χ3n) is 3.11. The van der Waals surface area contributed by atoms with Crippen molar-refractivity contribution in [3.63, 3.8) is 0 Å². The Hall–Kier alpha value is -2.11. The van der Waals surface area contributed by atoms with Crippen molar-refractivity contribution in [3.8, 4) is 0 Å². The lowest BCUT2D eigenvalue weighted by molar-refractivity contribution is -0.123. The van der Waals surface area contributed by atoms with E-state index in [1.54, 1.807) is 11.0 Å². The number of aromatic nitrogens is 1. The lowest BCUT2D eigenvalue weighted by Gasteiger charge is -2.31. The van der Waals surface area contributed by atoms with Gasteiger partial charge in [0, 0.05) is 19.2 Å². The second-order valence-electron chi connectivity index (χ2n) is 4.42. The van der Waals surface area contributed by atoms with Crippen molar-refractivity contribution in [3.05, 3.63) is 34.2 Å². The van der Waals surface area contributed by atoms with Gasteiger partial charge in [-0.1, -0.05) is 6.07 Å². The lowest BCUT2D eigenvalue weighted by Crippen LogP contribution is -2.44. The molecule has 6 nitrogen and oxygen atoms in total. The number of pyridine rings is 1. The molecule has 2 amide bonds. The molecule has 1 unspecified atom stereocenters. The van der Waals surface area contributed by atoms with Crippen LogP contribution < -0.4 is 11.3 Å². The van der Waals surface area contributed by atoms with Crippen molar-refractivity contribution in [2.24, 2.45) is 11.7 Å². The molecule has 1 aliphatic heterocycles. The maximum atomic E-state index is 12.1. The van der Waals surface area contributed by atoms with Gasteiger partial charge in [-0.2, -0.15) is 0 Å². The first-order chi connectivity index (χ1) is 8.58. The summed E-state index contributed by atoms with van der Waals surface area (Å²) in [5.41, 5.74) is 5.19. The number of hydrogen-bond acceptors (Lipinski definition) is 3. The molecule has 1 aliphatic rings. The normalized spacial score (nSPS) is 19.6. The molecule has 6 heteroatoms. The van der Waals surface area contributed by atoms with Gasteiger partial charge in [-0.05, 0) is 18.9 Å². The van der Waals surface area contributed by atoms with Crippen LogP contribution in [-0.4, -0.2) is 34.8 Å². The van der Waals surface area contributed by atoms with Crippen LogP contribution in [0.15, 0.2) is 23.0 Å². The summed E-state index contributed by atoms with van der Waals surface area (Å²) >= 11 is 0. The number of H-pyrrole nitrogens is 1. The van der Waals surface area contributed by atoms with Gasteiger partial charge in [-0.15, -0.1) is 0 Å². The molecule has 1 atom stereocenters. The fraction of sp³-hybridized carbons (Fsp3) is 0.417. The number of hydrogen-bond donors (Lipinski definition) is 2. The van der Waals surface area contributed by atoms with Crippen LogP contribution in [0.4, 0.5) is 0 Å². The minimum Gasteiger partial charge on any atom is -0.369 e. The van der Waals surface area contributed by atoms with Crippen molar-refractivity contribution < 1.29 is 9.59 Å². The van der Waals surface area contributed by atoms with E-state index in [1.807, 2.05) is 0 Å². The Morgan fingerprint density at radius 1 is 1.39 bits per heavy atom. The number of nitrogens with one attached hydrogen (secondary N) is 1. The summed E-state index contributed by atoms with van der Waals surface area (Å²) in [5, 5.41) is 0. The molecule has 1 saturated heterocycles. The summed E-state index contributed by atoms with van der Waals surface area (Å²) in [6, 6.07) is 4.43. The number of piperidine rings is 1. The van der Waals surface area contributed by atoms with E-state index >= 15 is 0 Å². The maximum Gasteiger partial charge on any atom is 0.270 e. The molecule has 0 radical (unpaired) electrons. The van der Waals surface area contributed by atoms with Gasteiger partial charge in [0.1, 0.15) is 5.69 Å². The SMILES string of the molecule is NC(=O)C1CCCN(C(=O)c2cccc(=O)[nH]2)C1. The van der Waals surface area contributed by atoms with Crippen LogP contribution in [-0.2, 0) is 4.79 Å². The Kier molecular flexibility index (Phi) is 3.45. The standard InChI is InChI=1S/C12H15N3O3/c13-11(17)8-3-2-6-15(7-8)12(18)9-4-1-5-10(16)14-9/h1,4-5,8H,2-3,6-7H2,(H2,13,17)(H,14,16). The first kappa shape index (κ1) is 12.3. The van der Waals surface area contributed by atoms with Gasteiger partial charge in [0.25, 0.3) is 5.91 Å². The van der Waals surface area contributed by atoms with E-state index in [4.69, 9.17) is 5.73 Å². The Balaban J connectivity index is 2.14. The second-order valence-corrected chi connectivity index (χ2v) is 4.42. The summed E-state index contributed by atoms with van der Waals surface area (Å²) in [4.78, 5) is 38.5. The average molecular weight is 249 g/mol. The minimum absolute atomic E-state index is 0.243. The van der Waals surface area contributed by atoms with Crippen LogP contribution in [0.5, 0.6) is 0 Å². The molecule has 0 saturated carbocycles. The fourth-order valence-corrected chi connectivity index (χ4v) is 2.14. The lowest BCUT2D eigenvalue weighted by atomic mass is 9.97. The number of carbonyl (C=O) groups excluding carboxylic acids is 2. The minimum atomic E-state index is -0.381. The van der Waals surface area contributed by atoms with Crippen molar-refractivity contribution in [2.75, 3.05) is 13.1 Å². The van der Waals surface area contributed by atoms with E-state index in [1.165, 1.54) is 12.1 Å². The number of nitrogens with two attached hydrogens (primary N) is 1. The Bertz CT molecular complexity index is 523. The van der Waals surface area contributed by atoms with E-state index in [0.29, 0.717) is 19.5 Å². The monoisotopic (exact) mass is 249 g/mol. The number of likely N-dealkylation sites (tertiary alicyclic amines) is 1. The van der Waals surface area contributed by atoms with Crippen LogP contribution in [0, 0.1) is 5.92 Å². The molecule has 18 heavy (non-hydrogen) atoms. The van der Waals surface area contributed by atoms with Crippen LogP contribution >= 0.6 is 0 Å². The highest BCUT2D eigenvalue weighted by molar-refractivity contribution is 5.92. The molecule has 1 aromatic heterocycles. The molecule has 1 fully saturated rings. The number of rotatable bonds is 2. The predicted molar refractivity (Wildman–Crippen MR) is 64.9 cm³/mol. The molecular formula is C12H15N3O3. The highest BCUT2D eigenvalue weighted by Crippen LogP contribution is 2.17. The Morgan fingerprint density at radius 3 is 2.83 bits per heavy atom. The summed E-state index contributed by atoms with van der Waals surface area (Å²) < 4.78 is 0. The molecule has 0 aliphatic carbocycles. The first-order valence-corrected chi connectivity index (χ1v) is 5.86. The predicted octanol–water partition coefficient (Wildman–Crippen LogP) is -0.288. The van der Waals surface area contributed by atoms with Crippen LogP contribution in [0.2, 0.25) is 0 Å². The van der Waals surface area contributed by atoms with Crippen molar-refractivity contribution >= 4 is 11.8 Å². The van der Waals surface area contributed by atoms with Crippen molar-refractivity contribution in [2.45, 2.75) is 12.8 Å². The number of carbonyl (C=O) groups is 2. The quantitative estimate of drug-likeness (QED) is 0.754. The molecule has 0 spiro atoms. The van der Waals surface area contributed by atoms with Crippen LogP contribution in [0.3, 0.4) is 0 Å².